The number of benzene rings is 2. The molecule has 120 valence electrons. The Balaban J connectivity index is 1.80. The van der Waals surface area contributed by atoms with Crippen molar-refractivity contribution in [1.29, 1.82) is 0 Å². The van der Waals surface area contributed by atoms with Gasteiger partial charge in [0.05, 0.1) is 23.3 Å². The van der Waals surface area contributed by atoms with Gasteiger partial charge in [-0.15, -0.1) is 0 Å². The molecular formula is C19H18N4S. The highest BCUT2D eigenvalue weighted by molar-refractivity contribution is 7.71. The average Bonchev–Trinajstić information content (AvgIpc) is 2.96. The summed E-state index contributed by atoms with van der Waals surface area (Å²) in [5.74, 6) is 0. The molecule has 4 aromatic rings. The van der Waals surface area contributed by atoms with Crippen LogP contribution in [-0.2, 0) is 13.1 Å². The average molecular weight is 334 g/mol. The van der Waals surface area contributed by atoms with Crippen LogP contribution in [0.15, 0.2) is 54.7 Å². The zero-order valence-corrected chi connectivity index (χ0v) is 14.2. The number of aromatic nitrogens is 3. The Labute approximate surface area is 145 Å². The Morgan fingerprint density at radius 3 is 2.79 bits per heavy atom. The molecule has 0 spiro atoms. The van der Waals surface area contributed by atoms with Crippen molar-refractivity contribution in [3.05, 3.63) is 65.2 Å². The standard InChI is InChI=1S/C19H18N4S/c1-2-23-17-10-9-14-15(18(17)22-19(23)24)7-5-8-16(14)21-12-13-6-3-4-11-20-13/h3-11,21H,2,12H2,1H3,(H,22,24). The lowest BCUT2D eigenvalue weighted by atomic mass is 10.1. The predicted molar refractivity (Wildman–Crippen MR) is 102 cm³/mol. The van der Waals surface area contributed by atoms with E-state index in [9.17, 15) is 0 Å². The number of rotatable bonds is 4. The SMILES string of the molecule is CCn1c(=S)[nH]c2c3cccc(NCc4ccccn4)c3ccc21. The minimum absolute atomic E-state index is 0.698. The van der Waals surface area contributed by atoms with Crippen molar-refractivity contribution >= 4 is 39.7 Å². The normalized spacial score (nSPS) is 11.2. The Morgan fingerprint density at radius 2 is 2.00 bits per heavy atom. The summed E-state index contributed by atoms with van der Waals surface area (Å²) in [5.41, 5.74) is 4.37. The van der Waals surface area contributed by atoms with Crippen LogP contribution in [0.5, 0.6) is 0 Å². The van der Waals surface area contributed by atoms with Gasteiger partial charge in [-0.05, 0) is 43.4 Å². The van der Waals surface area contributed by atoms with E-state index in [2.05, 4.69) is 57.1 Å². The van der Waals surface area contributed by atoms with Gasteiger partial charge in [-0.2, -0.15) is 0 Å². The highest BCUT2D eigenvalue weighted by atomic mass is 32.1. The van der Waals surface area contributed by atoms with E-state index in [-0.39, 0.29) is 0 Å². The molecule has 0 fully saturated rings. The van der Waals surface area contributed by atoms with E-state index in [0.29, 0.717) is 6.54 Å². The molecule has 0 saturated carbocycles. The molecule has 0 radical (unpaired) electrons. The van der Waals surface area contributed by atoms with Crippen LogP contribution in [0.1, 0.15) is 12.6 Å². The second-order valence-corrected chi connectivity index (χ2v) is 6.10. The summed E-state index contributed by atoms with van der Waals surface area (Å²) >= 11 is 5.45. The number of anilines is 1. The molecule has 2 aromatic carbocycles. The number of hydrogen-bond donors (Lipinski definition) is 2. The molecule has 0 amide bonds. The zero-order chi connectivity index (χ0) is 16.5. The van der Waals surface area contributed by atoms with E-state index in [1.165, 1.54) is 10.8 Å². The fraction of sp³-hybridized carbons (Fsp3) is 0.158. The summed E-state index contributed by atoms with van der Waals surface area (Å²) < 4.78 is 2.89. The zero-order valence-electron chi connectivity index (χ0n) is 13.4. The van der Waals surface area contributed by atoms with Gasteiger partial charge in [0.15, 0.2) is 4.77 Å². The third-order valence-electron chi connectivity index (χ3n) is 4.31. The lowest BCUT2D eigenvalue weighted by molar-refractivity contribution is 0.774. The molecule has 2 heterocycles. The lowest BCUT2D eigenvalue weighted by Gasteiger charge is -2.10. The third kappa shape index (κ3) is 2.47. The van der Waals surface area contributed by atoms with Gasteiger partial charge in [0.25, 0.3) is 0 Å². The predicted octanol–water partition coefficient (Wildman–Crippen LogP) is 4.88. The number of nitrogens with zero attached hydrogens (tertiary/aromatic N) is 2. The first-order chi connectivity index (χ1) is 11.8. The smallest absolute Gasteiger partial charge is 0.178 e. The van der Waals surface area contributed by atoms with Crippen LogP contribution in [0.25, 0.3) is 21.8 Å². The fourth-order valence-electron chi connectivity index (χ4n) is 3.14. The summed E-state index contributed by atoms with van der Waals surface area (Å²) in [6, 6.07) is 16.6. The van der Waals surface area contributed by atoms with Gasteiger partial charge in [0.2, 0.25) is 0 Å². The summed E-state index contributed by atoms with van der Waals surface area (Å²) in [6.45, 7) is 3.67. The molecule has 5 heteroatoms. The molecule has 0 atom stereocenters. The number of aromatic amines is 1. The molecular weight excluding hydrogens is 316 g/mol. The van der Waals surface area contributed by atoms with Gasteiger partial charge < -0.3 is 14.9 Å². The van der Waals surface area contributed by atoms with Gasteiger partial charge in [0, 0.05) is 29.2 Å². The van der Waals surface area contributed by atoms with E-state index < -0.39 is 0 Å². The molecule has 0 bridgehead atoms. The summed E-state index contributed by atoms with van der Waals surface area (Å²) in [7, 11) is 0. The van der Waals surface area contributed by atoms with Crippen LogP contribution in [0.2, 0.25) is 0 Å². The molecule has 0 aliphatic rings. The monoisotopic (exact) mass is 334 g/mol. The minimum Gasteiger partial charge on any atom is -0.379 e. The van der Waals surface area contributed by atoms with Gasteiger partial charge >= 0.3 is 0 Å². The van der Waals surface area contributed by atoms with Crippen molar-refractivity contribution in [3.8, 4) is 0 Å². The van der Waals surface area contributed by atoms with Crippen molar-refractivity contribution in [2.24, 2.45) is 0 Å². The number of aryl methyl sites for hydroxylation is 1. The van der Waals surface area contributed by atoms with Crippen LogP contribution in [-0.4, -0.2) is 14.5 Å². The second kappa shape index (κ2) is 6.09. The minimum atomic E-state index is 0.698. The first-order valence-corrected chi connectivity index (χ1v) is 8.47. The molecule has 24 heavy (non-hydrogen) atoms. The molecule has 2 N–H and O–H groups in total. The van der Waals surface area contributed by atoms with Crippen LogP contribution < -0.4 is 5.32 Å². The number of hydrogen-bond acceptors (Lipinski definition) is 3. The van der Waals surface area contributed by atoms with Crippen LogP contribution >= 0.6 is 12.2 Å². The van der Waals surface area contributed by atoms with Crippen LogP contribution in [0.4, 0.5) is 5.69 Å². The summed E-state index contributed by atoms with van der Waals surface area (Å²) in [6.07, 6.45) is 1.82. The van der Waals surface area contributed by atoms with Gasteiger partial charge in [-0.1, -0.05) is 24.3 Å². The van der Waals surface area contributed by atoms with Crippen molar-refractivity contribution in [2.75, 3.05) is 5.32 Å². The molecule has 4 nitrogen and oxygen atoms in total. The molecule has 2 aromatic heterocycles. The number of H-pyrrole nitrogens is 1. The third-order valence-corrected chi connectivity index (χ3v) is 4.63. The fourth-order valence-corrected chi connectivity index (χ4v) is 3.47. The molecule has 0 unspecified atom stereocenters. The summed E-state index contributed by atoms with van der Waals surface area (Å²) in [4.78, 5) is 7.72. The van der Waals surface area contributed by atoms with E-state index in [0.717, 1.165) is 33.7 Å². The van der Waals surface area contributed by atoms with E-state index >= 15 is 0 Å². The number of fused-ring (bicyclic) bond motifs is 3. The van der Waals surface area contributed by atoms with E-state index in [1.54, 1.807) is 0 Å². The topological polar surface area (TPSA) is 45.6 Å². The maximum atomic E-state index is 5.45. The first-order valence-electron chi connectivity index (χ1n) is 8.06. The van der Waals surface area contributed by atoms with Crippen LogP contribution in [0, 0.1) is 4.77 Å². The maximum absolute atomic E-state index is 5.45. The Hall–Kier alpha value is -2.66. The largest absolute Gasteiger partial charge is 0.379 e. The van der Waals surface area contributed by atoms with Crippen molar-refractivity contribution in [3.63, 3.8) is 0 Å². The van der Waals surface area contributed by atoms with E-state index in [4.69, 9.17) is 12.2 Å². The van der Waals surface area contributed by atoms with Crippen molar-refractivity contribution in [2.45, 2.75) is 20.0 Å². The van der Waals surface area contributed by atoms with E-state index in [1.807, 2.05) is 24.4 Å². The molecule has 0 aliphatic carbocycles. The number of imidazole rings is 1. The van der Waals surface area contributed by atoms with Gasteiger partial charge in [-0.3, -0.25) is 4.98 Å². The molecule has 0 saturated heterocycles. The number of pyridine rings is 1. The second-order valence-electron chi connectivity index (χ2n) is 5.71. The quantitative estimate of drug-likeness (QED) is 0.523. The van der Waals surface area contributed by atoms with Gasteiger partial charge in [-0.25, -0.2) is 0 Å². The maximum Gasteiger partial charge on any atom is 0.178 e. The highest BCUT2D eigenvalue weighted by Crippen LogP contribution is 2.30. The van der Waals surface area contributed by atoms with Crippen molar-refractivity contribution in [1.82, 2.24) is 14.5 Å². The number of nitrogens with one attached hydrogen (secondary N) is 2. The Kier molecular flexibility index (Phi) is 3.78. The molecule has 4 rings (SSSR count). The highest BCUT2D eigenvalue weighted by Gasteiger charge is 2.09. The Morgan fingerprint density at radius 1 is 1.08 bits per heavy atom. The summed E-state index contributed by atoms with van der Waals surface area (Å²) in [5, 5.41) is 5.85. The van der Waals surface area contributed by atoms with Crippen molar-refractivity contribution < 1.29 is 0 Å². The Bertz CT molecular complexity index is 1060. The lowest BCUT2D eigenvalue weighted by Crippen LogP contribution is -2.01. The van der Waals surface area contributed by atoms with Crippen LogP contribution in [0.3, 0.4) is 0 Å². The van der Waals surface area contributed by atoms with Gasteiger partial charge in [0.1, 0.15) is 0 Å². The molecule has 0 aliphatic heterocycles. The first kappa shape index (κ1) is 14.9.